The van der Waals surface area contributed by atoms with Gasteiger partial charge in [-0.05, 0) is 70.1 Å². The molecule has 0 spiro atoms. The minimum Gasteiger partial charge on any atom is -0.435 e. The van der Waals surface area contributed by atoms with Crippen molar-refractivity contribution in [2.45, 2.75) is 101 Å². The van der Waals surface area contributed by atoms with E-state index in [2.05, 4.69) is 20.7 Å². The van der Waals surface area contributed by atoms with Crippen LogP contribution in [0.3, 0.4) is 0 Å². The van der Waals surface area contributed by atoms with Crippen molar-refractivity contribution in [1.29, 1.82) is 0 Å². The van der Waals surface area contributed by atoms with E-state index in [4.69, 9.17) is 9.47 Å². The van der Waals surface area contributed by atoms with E-state index in [1.165, 1.54) is 31.2 Å². The van der Waals surface area contributed by atoms with E-state index >= 15 is 0 Å². The molecule has 0 saturated carbocycles. The molecule has 7 atom stereocenters. The van der Waals surface area contributed by atoms with E-state index in [9.17, 15) is 33.1 Å². The first-order chi connectivity index (χ1) is 21.9. The number of hydrogen-bond donors (Lipinski definition) is 4. The van der Waals surface area contributed by atoms with Gasteiger partial charge in [0.2, 0.25) is 17.7 Å². The van der Waals surface area contributed by atoms with E-state index in [1.54, 1.807) is 6.92 Å². The molecule has 46 heavy (non-hydrogen) atoms. The number of hydrogen-bond acceptors (Lipinski definition) is 9. The van der Waals surface area contributed by atoms with Crippen molar-refractivity contribution < 1.29 is 47.3 Å². The average molecular weight is 649 g/mol. The summed E-state index contributed by atoms with van der Waals surface area (Å²) in [7, 11) is 0. The van der Waals surface area contributed by atoms with Gasteiger partial charge < -0.3 is 35.3 Å². The topological polar surface area (TPSA) is 159 Å². The zero-order chi connectivity index (χ0) is 33.0. The number of ketones is 1. The summed E-state index contributed by atoms with van der Waals surface area (Å²) < 4.78 is 40.8. The highest BCUT2D eigenvalue weighted by atomic mass is 19.3. The van der Waals surface area contributed by atoms with Crippen molar-refractivity contribution in [3.63, 3.8) is 0 Å². The number of halogens is 2. The fourth-order valence-corrected chi connectivity index (χ4v) is 6.26. The fourth-order valence-electron chi connectivity index (χ4n) is 6.26. The van der Waals surface area contributed by atoms with Crippen molar-refractivity contribution in [3.8, 4) is 5.75 Å². The van der Waals surface area contributed by atoms with Crippen molar-refractivity contribution >= 4 is 23.5 Å². The number of epoxide rings is 1. The van der Waals surface area contributed by atoms with Crippen LogP contribution in [0.15, 0.2) is 35.9 Å². The summed E-state index contributed by atoms with van der Waals surface area (Å²) in [4.78, 5) is 55.3. The smallest absolute Gasteiger partial charge is 0.387 e. The third kappa shape index (κ3) is 8.66. The van der Waals surface area contributed by atoms with Crippen molar-refractivity contribution in [2.75, 3.05) is 26.2 Å². The van der Waals surface area contributed by atoms with E-state index in [1.807, 2.05) is 11.0 Å². The second kappa shape index (κ2) is 14.5. The third-order valence-electron chi connectivity index (χ3n) is 8.93. The molecule has 3 fully saturated rings. The molecule has 2 bridgehead atoms. The molecule has 14 heteroatoms. The van der Waals surface area contributed by atoms with Gasteiger partial charge in [-0.1, -0.05) is 23.8 Å². The van der Waals surface area contributed by atoms with Crippen LogP contribution in [-0.4, -0.2) is 102 Å². The van der Waals surface area contributed by atoms with Crippen LogP contribution in [0.2, 0.25) is 0 Å². The van der Waals surface area contributed by atoms with Crippen molar-refractivity contribution in [3.05, 3.63) is 41.5 Å². The van der Waals surface area contributed by atoms with E-state index in [0.717, 1.165) is 37.7 Å². The summed E-state index contributed by atoms with van der Waals surface area (Å²) in [5, 5.41) is 19.2. The van der Waals surface area contributed by atoms with Gasteiger partial charge in [-0.25, -0.2) is 0 Å². The quantitative estimate of drug-likeness (QED) is 0.163. The molecule has 1 aromatic carbocycles. The Labute approximate surface area is 266 Å². The first-order valence-electron chi connectivity index (χ1n) is 15.8. The standard InChI is InChI=1S/C32H42F2N4O8/c1-18(35-25(39)16-38-14-22-11-12-23(15-38)45-22)29(42)37-26(27(40)20-7-9-21(10-8-20)46-31(33)34)30(43)36-24(13-19-5-3-4-6-19)28(41)32(2)17-44-32/h5,7-10,18,22-24,26-27,31,40H,3-4,6,11-17H2,1-2H3,(H,35,39)(H,36,43)(H,37,42)/t18-,22?,23?,24-,26-,27+,32+/m0/s1. The van der Waals surface area contributed by atoms with Crippen LogP contribution in [-0.2, 0) is 28.7 Å². The number of nitrogens with one attached hydrogen (secondary N) is 3. The highest BCUT2D eigenvalue weighted by molar-refractivity contribution is 5.98. The van der Waals surface area contributed by atoms with Gasteiger partial charge in [0.25, 0.3) is 0 Å². The Morgan fingerprint density at radius 3 is 2.33 bits per heavy atom. The largest absolute Gasteiger partial charge is 0.435 e. The lowest BCUT2D eigenvalue weighted by molar-refractivity contribution is -0.136. The Balaban J connectivity index is 1.28. The Bertz CT molecular complexity index is 1310. The number of carbonyl (C=O) groups excluding carboxylic acids is 4. The second-order valence-corrected chi connectivity index (χ2v) is 12.7. The van der Waals surface area contributed by atoms with Gasteiger partial charge in [-0.2, -0.15) is 8.78 Å². The Morgan fingerprint density at radius 1 is 1.07 bits per heavy atom. The number of aliphatic hydroxyl groups excluding tert-OH is 1. The summed E-state index contributed by atoms with van der Waals surface area (Å²) >= 11 is 0. The fraction of sp³-hybridized carbons (Fsp3) is 0.625. The predicted molar refractivity (Wildman–Crippen MR) is 160 cm³/mol. The number of aliphatic hydroxyl groups is 1. The highest BCUT2D eigenvalue weighted by Gasteiger charge is 2.50. The van der Waals surface area contributed by atoms with Crippen molar-refractivity contribution in [1.82, 2.24) is 20.9 Å². The van der Waals surface area contributed by atoms with Crippen LogP contribution in [0.5, 0.6) is 5.75 Å². The lowest BCUT2D eigenvalue weighted by Gasteiger charge is -2.32. The molecule has 0 aromatic heterocycles. The number of ether oxygens (including phenoxy) is 3. The molecule has 1 aliphatic carbocycles. The lowest BCUT2D eigenvalue weighted by atomic mass is 9.93. The van der Waals surface area contributed by atoms with Crippen LogP contribution >= 0.6 is 0 Å². The molecule has 4 aliphatic rings. The maximum absolute atomic E-state index is 13.8. The Hall–Kier alpha value is -3.46. The van der Waals surface area contributed by atoms with Gasteiger partial charge in [0.05, 0.1) is 31.4 Å². The minimum absolute atomic E-state index is 0.0774. The lowest BCUT2D eigenvalue weighted by Crippen LogP contribution is -2.58. The number of Topliss-reactive ketones (excluding diaryl/α,β-unsaturated/α-hetero) is 1. The first-order valence-corrected chi connectivity index (χ1v) is 15.8. The number of morpholine rings is 1. The summed E-state index contributed by atoms with van der Waals surface area (Å²) in [5.41, 5.74) is 0.108. The first kappa shape index (κ1) is 33.9. The van der Waals surface area contributed by atoms with Crippen LogP contribution in [0.4, 0.5) is 8.78 Å². The third-order valence-corrected chi connectivity index (χ3v) is 8.93. The normalized spacial score (nSPS) is 26.4. The number of rotatable bonds is 15. The van der Waals surface area contributed by atoms with E-state index in [0.29, 0.717) is 13.1 Å². The number of likely N-dealkylation sites (tertiary alicyclic amines) is 1. The number of allylic oxidation sites excluding steroid dienone is 1. The van der Waals surface area contributed by atoms with E-state index in [-0.39, 0.29) is 54.8 Å². The number of nitrogens with zero attached hydrogens (tertiary/aromatic N) is 1. The van der Waals surface area contributed by atoms with Gasteiger partial charge >= 0.3 is 6.61 Å². The number of carbonyl (C=O) groups is 4. The summed E-state index contributed by atoms with van der Waals surface area (Å²) in [5.74, 6) is -2.44. The molecular formula is C32H42F2N4O8. The van der Waals surface area contributed by atoms with Gasteiger partial charge in [0.15, 0.2) is 5.78 Å². The maximum Gasteiger partial charge on any atom is 0.387 e. The summed E-state index contributed by atoms with van der Waals surface area (Å²) in [6.45, 7) is 1.59. The monoisotopic (exact) mass is 648 g/mol. The van der Waals surface area contributed by atoms with Gasteiger partial charge in [0, 0.05) is 13.1 Å². The highest BCUT2D eigenvalue weighted by Crippen LogP contribution is 2.32. The molecule has 3 heterocycles. The van der Waals surface area contributed by atoms with Crippen LogP contribution in [0.25, 0.3) is 0 Å². The van der Waals surface area contributed by atoms with Gasteiger partial charge in [-0.15, -0.1) is 0 Å². The molecule has 3 saturated heterocycles. The van der Waals surface area contributed by atoms with Crippen LogP contribution in [0, 0.1) is 0 Å². The zero-order valence-electron chi connectivity index (χ0n) is 26.0. The van der Waals surface area contributed by atoms with Crippen LogP contribution in [0.1, 0.15) is 64.0 Å². The predicted octanol–water partition coefficient (Wildman–Crippen LogP) is 1.52. The van der Waals surface area contributed by atoms with E-state index < -0.39 is 48.3 Å². The molecule has 3 aliphatic heterocycles. The summed E-state index contributed by atoms with van der Waals surface area (Å²) in [6, 6.07) is 1.33. The summed E-state index contributed by atoms with van der Waals surface area (Å²) in [6.07, 6.45) is 5.34. The number of alkyl halides is 2. The number of amides is 3. The average Bonchev–Trinajstić information content (AvgIpc) is 3.38. The van der Waals surface area contributed by atoms with Crippen molar-refractivity contribution in [2.24, 2.45) is 0 Å². The molecular weight excluding hydrogens is 606 g/mol. The molecule has 0 radical (unpaired) electrons. The molecule has 12 nitrogen and oxygen atoms in total. The second-order valence-electron chi connectivity index (χ2n) is 12.7. The Kier molecular flexibility index (Phi) is 10.7. The molecule has 5 rings (SSSR count). The zero-order valence-corrected chi connectivity index (χ0v) is 26.0. The van der Waals surface area contributed by atoms with Gasteiger partial charge in [-0.3, -0.25) is 24.1 Å². The maximum atomic E-state index is 13.8. The molecule has 2 unspecified atom stereocenters. The minimum atomic E-state index is -3.05. The van der Waals surface area contributed by atoms with Gasteiger partial charge in [0.1, 0.15) is 29.5 Å². The SMILES string of the molecule is C[C@H](NC(=O)CN1CC2CCC(C1)O2)C(=O)N[C@H](C(=O)N[C@@H](CC1=CCCC1)C(=O)[C@@]1(C)CO1)[C@H](O)c1ccc(OC(F)F)cc1. The molecule has 3 amide bonds. The number of benzene rings is 1. The number of fused-ring (bicyclic) bond motifs is 2. The molecule has 1 aromatic rings. The molecule has 252 valence electrons. The Morgan fingerprint density at radius 2 is 1.74 bits per heavy atom. The molecule has 4 N–H and O–H groups in total. The van der Waals surface area contributed by atoms with Crippen LogP contribution < -0.4 is 20.7 Å².